The molecule has 0 saturated carbocycles. The monoisotopic (exact) mass is 285 g/mol. The summed E-state index contributed by atoms with van der Waals surface area (Å²) in [6, 6.07) is 15.7. The summed E-state index contributed by atoms with van der Waals surface area (Å²) in [5.41, 5.74) is 5.42. The van der Waals surface area contributed by atoms with E-state index in [-0.39, 0.29) is 6.04 Å². The molecule has 0 radical (unpaired) electrons. The molecule has 20 heavy (non-hydrogen) atoms. The Morgan fingerprint density at radius 3 is 2.45 bits per heavy atom. The number of hydrogen-bond acceptors (Lipinski definition) is 2. The van der Waals surface area contributed by atoms with Crippen molar-refractivity contribution in [2.45, 2.75) is 31.7 Å². The summed E-state index contributed by atoms with van der Waals surface area (Å²) in [7, 11) is 0. The second kappa shape index (κ2) is 6.96. The van der Waals surface area contributed by atoms with Gasteiger partial charge in [-0.15, -0.1) is 11.8 Å². The lowest BCUT2D eigenvalue weighted by Crippen LogP contribution is -2.23. The molecule has 2 heteroatoms. The molecule has 0 aliphatic heterocycles. The maximum Gasteiger partial charge on any atom is 0.0590 e. The summed E-state index contributed by atoms with van der Waals surface area (Å²) in [6.07, 6.45) is 2.14. The smallest absolute Gasteiger partial charge is 0.0590 e. The molecule has 2 aromatic rings. The minimum absolute atomic E-state index is 0.268. The van der Waals surface area contributed by atoms with Crippen molar-refractivity contribution in [1.82, 2.24) is 5.32 Å². The summed E-state index contributed by atoms with van der Waals surface area (Å²) in [5.74, 6) is 0. The van der Waals surface area contributed by atoms with Crippen LogP contribution >= 0.6 is 11.8 Å². The van der Waals surface area contributed by atoms with Crippen molar-refractivity contribution in [3.05, 3.63) is 64.7 Å². The van der Waals surface area contributed by atoms with Gasteiger partial charge in [-0.05, 0) is 49.4 Å². The second-order valence-corrected chi connectivity index (χ2v) is 5.94. The van der Waals surface area contributed by atoms with Gasteiger partial charge in [-0.2, -0.15) is 0 Å². The highest BCUT2D eigenvalue weighted by Crippen LogP contribution is 2.31. The molecule has 0 aliphatic rings. The van der Waals surface area contributed by atoms with Crippen LogP contribution < -0.4 is 5.32 Å². The molecule has 0 aromatic heterocycles. The van der Waals surface area contributed by atoms with E-state index in [0.29, 0.717) is 0 Å². The van der Waals surface area contributed by atoms with Gasteiger partial charge in [-0.1, -0.05) is 48.9 Å². The Labute approximate surface area is 126 Å². The topological polar surface area (TPSA) is 12.0 Å². The van der Waals surface area contributed by atoms with Gasteiger partial charge in [0.15, 0.2) is 0 Å². The Hall–Kier alpha value is -1.25. The van der Waals surface area contributed by atoms with Crippen molar-refractivity contribution in [1.29, 1.82) is 0 Å². The first-order chi connectivity index (χ1) is 9.67. The zero-order chi connectivity index (χ0) is 14.5. The molecule has 0 bridgehead atoms. The van der Waals surface area contributed by atoms with E-state index in [0.717, 1.165) is 6.54 Å². The van der Waals surface area contributed by atoms with Gasteiger partial charge in [0, 0.05) is 4.90 Å². The second-order valence-electron chi connectivity index (χ2n) is 5.09. The van der Waals surface area contributed by atoms with Crippen LogP contribution in [0.1, 0.15) is 35.2 Å². The predicted octanol–water partition coefficient (Wildman–Crippen LogP) is 4.72. The van der Waals surface area contributed by atoms with E-state index in [1.807, 2.05) is 11.8 Å². The Kier molecular flexibility index (Phi) is 5.27. The Balaban J connectivity index is 2.50. The Bertz CT molecular complexity index is 577. The van der Waals surface area contributed by atoms with Crippen LogP contribution in [0.3, 0.4) is 0 Å². The van der Waals surface area contributed by atoms with Gasteiger partial charge in [0.05, 0.1) is 6.04 Å². The molecule has 0 saturated heterocycles. The van der Waals surface area contributed by atoms with Crippen LogP contribution in [0.15, 0.2) is 47.4 Å². The molecule has 0 aliphatic carbocycles. The molecule has 0 spiro atoms. The summed E-state index contributed by atoms with van der Waals surface area (Å²) < 4.78 is 0. The average molecular weight is 285 g/mol. The third-order valence-electron chi connectivity index (χ3n) is 3.59. The normalized spacial score (nSPS) is 12.4. The average Bonchev–Trinajstić information content (AvgIpc) is 2.45. The molecule has 2 aromatic carbocycles. The van der Waals surface area contributed by atoms with E-state index in [1.54, 1.807) is 0 Å². The van der Waals surface area contributed by atoms with E-state index < -0.39 is 0 Å². The summed E-state index contributed by atoms with van der Waals surface area (Å²) in [4.78, 5) is 1.35. The number of hydrogen-bond donors (Lipinski definition) is 1. The van der Waals surface area contributed by atoms with Crippen LogP contribution in [0.4, 0.5) is 0 Å². The van der Waals surface area contributed by atoms with Crippen molar-refractivity contribution in [3.63, 3.8) is 0 Å². The SMILES string of the molecule is CCNC(c1ccc(C)cc1C)c1ccccc1SC. The first-order valence-electron chi connectivity index (χ1n) is 7.10. The molecule has 0 fully saturated rings. The van der Waals surface area contributed by atoms with Crippen LogP contribution in [0.2, 0.25) is 0 Å². The fraction of sp³-hybridized carbons (Fsp3) is 0.333. The number of benzene rings is 2. The molecule has 1 atom stereocenters. The lowest BCUT2D eigenvalue weighted by Gasteiger charge is -2.23. The molecule has 0 amide bonds. The van der Waals surface area contributed by atoms with Crippen molar-refractivity contribution in [2.75, 3.05) is 12.8 Å². The van der Waals surface area contributed by atoms with Crippen molar-refractivity contribution in [3.8, 4) is 0 Å². The minimum Gasteiger partial charge on any atom is -0.306 e. The third-order valence-corrected chi connectivity index (χ3v) is 4.41. The van der Waals surface area contributed by atoms with E-state index in [9.17, 15) is 0 Å². The Morgan fingerprint density at radius 1 is 1.05 bits per heavy atom. The van der Waals surface area contributed by atoms with Gasteiger partial charge in [-0.25, -0.2) is 0 Å². The van der Waals surface area contributed by atoms with E-state index in [4.69, 9.17) is 0 Å². The lowest BCUT2D eigenvalue weighted by atomic mass is 9.93. The van der Waals surface area contributed by atoms with Gasteiger partial charge < -0.3 is 5.32 Å². The van der Waals surface area contributed by atoms with Crippen LogP contribution in [0.25, 0.3) is 0 Å². The maximum atomic E-state index is 3.64. The van der Waals surface area contributed by atoms with Crippen LogP contribution in [0.5, 0.6) is 0 Å². The minimum atomic E-state index is 0.268. The predicted molar refractivity (Wildman–Crippen MR) is 89.7 cm³/mol. The molecular weight excluding hydrogens is 262 g/mol. The summed E-state index contributed by atoms with van der Waals surface area (Å²) in [6.45, 7) is 7.47. The zero-order valence-corrected chi connectivity index (χ0v) is 13.6. The number of nitrogens with one attached hydrogen (secondary N) is 1. The third kappa shape index (κ3) is 3.25. The maximum absolute atomic E-state index is 3.64. The Morgan fingerprint density at radius 2 is 1.80 bits per heavy atom. The van der Waals surface area contributed by atoms with Crippen molar-refractivity contribution >= 4 is 11.8 Å². The first kappa shape index (κ1) is 15.1. The van der Waals surface area contributed by atoms with Gasteiger partial charge in [0.2, 0.25) is 0 Å². The first-order valence-corrected chi connectivity index (χ1v) is 8.33. The summed E-state index contributed by atoms with van der Waals surface area (Å²) in [5, 5.41) is 3.64. The van der Waals surface area contributed by atoms with E-state index >= 15 is 0 Å². The highest BCUT2D eigenvalue weighted by atomic mass is 32.2. The van der Waals surface area contributed by atoms with Gasteiger partial charge >= 0.3 is 0 Å². The molecule has 1 nitrogen and oxygen atoms in total. The van der Waals surface area contributed by atoms with Crippen molar-refractivity contribution < 1.29 is 0 Å². The molecule has 0 heterocycles. The fourth-order valence-electron chi connectivity index (χ4n) is 2.65. The zero-order valence-electron chi connectivity index (χ0n) is 12.7. The number of aryl methyl sites for hydroxylation is 2. The lowest BCUT2D eigenvalue weighted by molar-refractivity contribution is 0.619. The number of thioether (sulfide) groups is 1. The fourth-order valence-corrected chi connectivity index (χ4v) is 3.28. The highest BCUT2D eigenvalue weighted by molar-refractivity contribution is 7.98. The van der Waals surface area contributed by atoms with Crippen LogP contribution in [-0.4, -0.2) is 12.8 Å². The standard InChI is InChI=1S/C18H23NS/c1-5-19-18(15-11-10-13(2)12-14(15)3)16-8-6-7-9-17(16)20-4/h6-12,18-19H,5H2,1-4H3. The van der Waals surface area contributed by atoms with Gasteiger partial charge in [0.1, 0.15) is 0 Å². The van der Waals surface area contributed by atoms with Crippen molar-refractivity contribution in [2.24, 2.45) is 0 Å². The highest BCUT2D eigenvalue weighted by Gasteiger charge is 2.17. The molecule has 2 rings (SSSR count). The van der Waals surface area contributed by atoms with E-state index in [2.05, 4.69) is 74.8 Å². The number of rotatable bonds is 5. The molecule has 106 valence electrons. The van der Waals surface area contributed by atoms with E-state index in [1.165, 1.54) is 27.1 Å². The van der Waals surface area contributed by atoms with Gasteiger partial charge in [-0.3, -0.25) is 0 Å². The quantitative estimate of drug-likeness (QED) is 0.797. The molecule has 1 N–H and O–H groups in total. The van der Waals surface area contributed by atoms with Crippen LogP contribution in [-0.2, 0) is 0 Å². The summed E-state index contributed by atoms with van der Waals surface area (Å²) >= 11 is 1.81. The largest absolute Gasteiger partial charge is 0.306 e. The molecule has 1 unspecified atom stereocenters. The molecular formula is C18H23NS. The van der Waals surface area contributed by atoms with Crippen LogP contribution in [0, 0.1) is 13.8 Å². The van der Waals surface area contributed by atoms with Gasteiger partial charge in [0.25, 0.3) is 0 Å².